The normalized spacial score (nSPS) is 19.7. The Morgan fingerprint density at radius 3 is 2.64 bits per heavy atom. The predicted molar refractivity (Wildman–Crippen MR) is 88.9 cm³/mol. The summed E-state index contributed by atoms with van der Waals surface area (Å²) in [5, 5.41) is 10.3. The molecule has 3 rings (SSSR count). The van der Waals surface area contributed by atoms with Crippen LogP contribution in [0.25, 0.3) is 0 Å². The Bertz CT molecular complexity index is 766. The van der Waals surface area contributed by atoms with Crippen LogP contribution in [-0.4, -0.2) is 58.2 Å². The SMILES string of the molecule is COC(=O)c1cncc(C(=O)N2C[C@@H](Cc3ccncc3)[C@H](O)C2)c1. The van der Waals surface area contributed by atoms with Gasteiger partial charge in [0.2, 0.25) is 0 Å². The van der Waals surface area contributed by atoms with Gasteiger partial charge in [-0.2, -0.15) is 0 Å². The van der Waals surface area contributed by atoms with Gasteiger partial charge in [0.1, 0.15) is 0 Å². The first kappa shape index (κ1) is 17.0. The van der Waals surface area contributed by atoms with Crippen LogP contribution in [0, 0.1) is 5.92 Å². The van der Waals surface area contributed by atoms with Gasteiger partial charge in [0.05, 0.1) is 24.3 Å². The molecule has 0 aliphatic carbocycles. The molecule has 130 valence electrons. The molecule has 0 bridgehead atoms. The summed E-state index contributed by atoms with van der Waals surface area (Å²) in [5.74, 6) is -0.836. The van der Waals surface area contributed by atoms with Crippen LogP contribution in [0.3, 0.4) is 0 Å². The molecule has 0 unspecified atom stereocenters. The number of aliphatic hydroxyl groups is 1. The highest BCUT2D eigenvalue weighted by molar-refractivity contribution is 5.97. The Kier molecular flexibility index (Phi) is 5.04. The number of β-amino-alcohol motifs (C(OH)–C–C–N with tert-alkyl or cyclic N) is 1. The number of aromatic nitrogens is 2. The van der Waals surface area contributed by atoms with E-state index in [4.69, 9.17) is 0 Å². The van der Waals surface area contributed by atoms with Crippen LogP contribution in [0.1, 0.15) is 26.3 Å². The Morgan fingerprint density at radius 2 is 1.92 bits per heavy atom. The number of ether oxygens (including phenoxy) is 1. The highest BCUT2D eigenvalue weighted by Gasteiger charge is 2.34. The van der Waals surface area contributed by atoms with E-state index in [9.17, 15) is 14.7 Å². The van der Waals surface area contributed by atoms with E-state index in [1.54, 1.807) is 17.3 Å². The molecular formula is C18H19N3O4. The van der Waals surface area contributed by atoms with E-state index in [1.807, 2.05) is 12.1 Å². The molecule has 1 fully saturated rings. The van der Waals surface area contributed by atoms with Crippen molar-refractivity contribution in [1.82, 2.24) is 14.9 Å². The van der Waals surface area contributed by atoms with Crippen molar-refractivity contribution in [2.24, 2.45) is 5.92 Å². The lowest BCUT2D eigenvalue weighted by Crippen LogP contribution is -2.30. The zero-order valence-electron chi connectivity index (χ0n) is 13.8. The maximum absolute atomic E-state index is 12.7. The number of carbonyl (C=O) groups is 2. The number of likely N-dealkylation sites (tertiary alicyclic amines) is 1. The third-order valence-electron chi connectivity index (χ3n) is 4.35. The lowest BCUT2D eigenvalue weighted by molar-refractivity contribution is 0.0600. The Labute approximate surface area is 145 Å². The summed E-state index contributed by atoms with van der Waals surface area (Å²) in [6.07, 6.45) is 6.28. The van der Waals surface area contributed by atoms with Gasteiger partial charge in [0, 0.05) is 43.8 Å². The fraction of sp³-hybridized carbons (Fsp3) is 0.333. The molecule has 2 aromatic rings. The van der Waals surface area contributed by atoms with Gasteiger partial charge in [-0.3, -0.25) is 14.8 Å². The van der Waals surface area contributed by atoms with E-state index in [-0.39, 0.29) is 23.9 Å². The van der Waals surface area contributed by atoms with E-state index in [1.165, 1.54) is 25.6 Å². The number of carbonyl (C=O) groups excluding carboxylic acids is 2. The van der Waals surface area contributed by atoms with E-state index in [0.717, 1.165) is 5.56 Å². The maximum atomic E-state index is 12.7. The largest absolute Gasteiger partial charge is 0.465 e. The second-order valence-corrected chi connectivity index (χ2v) is 6.05. The van der Waals surface area contributed by atoms with Crippen LogP contribution < -0.4 is 0 Å². The van der Waals surface area contributed by atoms with Crippen molar-refractivity contribution in [3.63, 3.8) is 0 Å². The number of methoxy groups -OCH3 is 1. The minimum absolute atomic E-state index is 0.0388. The number of esters is 1. The van der Waals surface area contributed by atoms with Gasteiger partial charge < -0.3 is 14.7 Å². The molecular weight excluding hydrogens is 322 g/mol. The number of amides is 1. The fourth-order valence-electron chi connectivity index (χ4n) is 3.01. The number of hydrogen-bond acceptors (Lipinski definition) is 6. The number of aliphatic hydroxyl groups excluding tert-OH is 1. The van der Waals surface area contributed by atoms with E-state index in [2.05, 4.69) is 14.7 Å². The van der Waals surface area contributed by atoms with Crippen LogP contribution in [0.5, 0.6) is 0 Å². The summed E-state index contributed by atoms with van der Waals surface area (Å²) < 4.78 is 4.65. The van der Waals surface area contributed by atoms with Crippen LogP contribution in [0.15, 0.2) is 43.0 Å². The summed E-state index contributed by atoms with van der Waals surface area (Å²) >= 11 is 0. The molecule has 7 nitrogen and oxygen atoms in total. The van der Waals surface area contributed by atoms with Crippen molar-refractivity contribution in [3.8, 4) is 0 Å². The van der Waals surface area contributed by atoms with Gasteiger partial charge in [-0.15, -0.1) is 0 Å². The van der Waals surface area contributed by atoms with Gasteiger partial charge in [0.15, 0.2) is 0 Å². The lowest BCUT2D eigenvalue weighted by atomic mass is 9.97. The van der Waals surface area contributed by atoms with Crippen molar-refractivity contribution in [2.45, 2.75) is 12.5 Å². The molecule has 1 aliphatic heterocycles. The van der Waals surface area contributed by atoms with Gasteiger partial charge in [-0.05, 0) is 30.2 Å². The molecule has 1 aliphatic rings. The fourth-order valence-corrected chi connectivity index (χ4v) is 3.01. The van der Waals surface area contributed by atoms with Crippen molar-refractivity contribution >= 4 is 11.9 Å². The molecule has 25 heavy (non-hydrogen) atoms. The monoisotopic (exact) mass is 341 g/mol. The van der Waals surface area contributed by atoms with Crippen LogP contribution in [0.2, 0.25) is 0 Å². The average molecular weight is 341 g/mol. The second-order valence-electron chi connectivity index (χ2n) is 6.05. The molecule has 2 aromatic heterocycles. The zero-order chi connectivity index (χ0) is 17.8. The minimum atomic E-state index is -0.589. The van der Waals surface area contributed by atoms with Gasteiger partial charge in [-0.1, -0.05) is 0 Å². The quantitative estimate of drug-likeness (QED) is 0.832. The standard InChI is InChI=1S/C18H19N3O4/c1-25-18(24)14-7-13(8-20-9-14)17(23)21-10-15(16(22)11-21)6-12-2-4-19-5-3-12/h2-5,7-9,15-16,22H,6,10-11H2,1H3/t15-,16-/m1/s1. The number of nitrogens with zero attached hydrogens (tertiary/aromatic N) is 3. The second kappa shape index (κ2) is 7.40. The van der Waals surface area contributed by atoms with Crippen LogP contribution >= 0.6 is 0 Å². The maximum Gasteiger partial charge on any atom is 0.339 e. The average Bonchev–Trinajstić information content (AvgIpc) is 3.02. The number of rotatable bonds is 4. The topological polar surface area (TPSA) is 92.6 Å². The Hall–Kier alpha value is -2.80. The third-order valence-corrected chi connectivity index (χ3v) is 4.35. The van der Waals surface area contributed by atoms with E-state index >= 15 is 0 Å². The first-order valence-electron chi connectivity index (χ1n) is 7.98. The first-order valence-corrected chi connectivity index (χ1v) is 7.98. The predicted octanol–water partition coefficient (Wildman–Crippen LogP) is 0.939. The van der Waals surface area contributed by atoms with Crippen molar-refractivity contribution < 1.29 is 19.4 Å². The van der Waals surface area contributed by atoms with Gasteiger partial charge in [-0.25, -0.2) is 4.79 Å². The van der Waals surface area contributed by atoms with E-state index < -0.39 is 12.1 Å². The van der Waals surface area contributed by atoms with Crippen LogP contribution in [0.4, 0.5) is 0 Å². The molecule has 0 spiro atoms. The van der Waals surface area contributed by atoms with Gasteiger partial charge >= 0.3 is 5.97 Å². The van der Waals surface area contributed by atoms with Crippen LogP contribution in [-0.2, 0) is 11.2 Å². The molecule has 2 atom stereocenters. The van der Waals surface area contributed by atoms with E-state index in [0.29, 0.717) is 18.5 Å². The molecule has 1 saturated heterocycles. The third kappa shape index (κ3) is 3.83. The van der Waals surface area contributed by atoms with Crippen molar-refractivity contribution in [1.29, 1.82) is 0 Å². The number of pyridine rings is 2. The molecule has 1 amide bonds. The first-order chi connectivity index (χ1) is 12.1. The smallest absolute Gasteiger partial charge is 0.339 e. The summed E-state index contributed by atoms with van der Waals surface area (Å²) in [4.78, 5) is 33.8. The number of hydrogen-bond donors (Lipinski definition) is 1. The van der Waals surface area contributed by atoms with Crippen molar-refractivity contribution in [3.05, 3.63) is 59.7 Å². The highest BCUT2D eigenvalue weighted by atomic mass is 16.5. The molecule has 0 radical (unpaired) electrons. The molecule has 0 aromatic carbocycles. The zero-order valence-corrected chi connectivity index (χ0v) is 13.8. The van der Waals surface area contributed by atoms with Crippen molar-refractivity contribution in [2.75, 3.05) is 20.2 Å². The Morgan fingerprint density at radius 1 is 1.20 bits per heavy atom. The summed E-state index contributed by atoms with van der Waals surface area (Å²) in [6, 6.07) is 5.27. The molecule has 0 saturated carbocycles. The summed E-state index contributed by atoms with van der Waals surface area (Å²) in [5.41, 5.74) is 1.60. The molecule has 1 N–H and O–H groups in total. The Balaban J connectivity index is 1.70. The highest BCUT2D eigenvalue weighted by Crippen LogP contribution is 2.23. The molecule has 7 heteroatoms. The summed E-state index contributed by atoms with van der Waals surface area (Å²) in [7, 11) is 1.28. The van der Waals surface area contributed by atoms with Gasteiger partial charge in [0.25, 0.3) is 5.91 Å². The molecule has 3 heterocycles. The summed E-state index contributed by atoms with van der Waals surface area (Å²) in [6.45, 7) is 0.710. The lowest BCUT2D eigenvalue weighted by Gasteiger charge is -2.16. The minimum Gasteiger partial charge on any atom is -0.465 e.